The molecule has 0 radical (unpaired) electrons. The number of ether oxygens (including phenoxy) is 2. The highest BCUT2D eigenvalue weighted by molar-refractivity contribution is 5.97. The van der Waals surface area contributed by atoms with Crippen LogP contribution in [-0.4, -0.2) is 56.5 Å². The Bertz CT molecular complexity index is 786. The lowest BCUT2D eigenvalue weighted by atomic mass is 10.0. The molecular weight excluding hydrogens is 368 g/mol. The van der Waals surface area contributed by atoms with Crippen LogP contribution in [0.2, 0.25) is 0 Å². The summed E-state index contributed by atoms with van der Waals surface area (Å²) in [5, 5.41) is 3.01. The molecule has 1 heterocycles. The maximum absolute atomic E-state index is 12.4. The Kier molecular flexibility index (Phi) is 7.78. The highest BCUT2D eigenvalue weighted by Crippen LogP contribution is 2.23. The van der Waals surface area contributed by atoms with E-state index in [1.54, 1.807) is 19.2 Å². The maximum atomic E-state index is 12.4. The molecule has 0 saturated carbocycles. The standard InChI is InChI=1S/C23H28N2O4/c1-28-20-9-7-18(8-10-20)21(25-13-15-29-16-14-25)17-24-23(27)12-11-22(26)19-5-3-2-4-6-19/h2-10,21H,11-17H2,1H3,(H,24,27). The molecule has 0 aromatic heterocycles. The fourth-order valence-corrected chi connectivity index (χ4v) is 3.47. The van der Waals surface area contributed by atoms with Gasteiger partial charge >= 0.3 is 0 Å². The summed E-state index contributed by atoms with van der Waals surface area (Å²) in [6.07, 6.45) is 0.396. The van der Waals surface area contributed by atoms with Gasteiger partial charge in [-0.05, 0) is 17.7 Å². The van der Waals surface area contributed by atoms with E-state index < -0.39 is 0 Å². The normalized spacial score (nSPS) is 15.5. The zero-order valence-corrected chi connectivity index (χ0v) is 16.8. The average molecular weight is 396 g/mol. The largest absolute Gasteiger partial charge is 0.497 e. The second kappa shape index (κ2) is 10.7. The van der Waals surface area contributed by atoms with Crippen molar-refractivity contribution in [3.8, 4) is 5.75 Å². The van der Waals surface area contributed by atoms with Crippen molar-refractivity contribution in [3.63, 3.8) is 0 Å². The van der Waals surface area contributed by atoms with E-state index >= 15 is 0 Å². The van der Waals surface area contributed by atoms with Gasteiger partial charge in [0.05, 0.1) is 26.4 Å². The molecule has 1 N–H and O–H groups in total. The van der Waals surface area contributed by atoms with Crippen LogP contribution in [-0.2, 0) is 9.53 Å². The summed E-state index contributed by atoms with van der Waals surface area (Å²) >= 11 is 0. The Morgan fingerprint density at radius 1 is 1.03 bits per heavy atom. The summed E-state index contributed by atoms with van der Waals surface area (Å²) in [7, 11) is 1.64. The minimum absolute atomic E-state index is 0.0133. The van der Waals surface area contributed by atoms with Crippen LogP contribution in [0.1, 0.15) is 34.8 Å². The van der Waals surface area contributed by atoms with Crippen LogP contribution < -0.4 is 10.1 Å². The third-order valence-electron chi connectivity index (χ3n) is 5.15. The van der Waals surface area contributed by atoms with E-state index in [1.165, 1.54) is 0 Å². The van der Waals surface area contributed by atoms with Gasteiger partial charge in [0, 0.05) is 38.0 Å². The van der Waals surface area contributed by atoms with Gasteiger partial charge in [0.15, 0.2) is 5.78 Å². The molecule has 1 fully saturated rings. The highest BCUT2D eigenvalue weighted by Gasteiger charge is 2.23. The molecule has 2 aromatic carbocycles. The number of nitrogens with one attached hydrogen (secondary N) is 1. The van der Waals surface area contributed by atoms with Crippen molar-refractivity contribution in [3.05, 3.63) is 65.7 Å². The Hall–Kier alpha value is -2.70. The number of benzene rings is 2. The Morgan fingerprint density at radius 3 is 2.38 bits per heavy atom. The van der Waals surface area contributed by atoms with Gasteiger partial charge in [0.2, 0.25) is 5.91 Å². The fraction of sp³-hybridized carbons (Fsp3) is 0.391. The number of hydrogen-bond donors (Lipinski definition) is 1. The number of hydrogen-bond acceptors (Lipinski definition) is 5. The first-order valence-electron chi connectivity index (χ1n) is 9.98. The molecule has 0 spiro atoms. The molecular formula is C23H28N2O4. The Morgan fingerprint density at radius 2 is 1.72 bits per heavy atom. The van der Waals surface area contributed by atoms with Crippen molar-refractivity contribution in [2.75, 3.05) is 40.0 Å². The molecule has 29 heavy (non-hydrogen) atoms. The summed E-state index contributed by atoms with van der Waals surface area (Å²) in [6.45, 7) is 3.50. The number of nitrogens with zero attached hydrogens (tertiary/aromatic N) is 1. The van der Waals surface area contributed by atoms with Gasteiger partial charge in [-0.25, -0.2) is 0 Å². The van der Waals surface area contributed by atoms with E-state index in [1.807, 2.05) is 42.5 Å². The lowest BCUT2D eigenvalue weighted by molar-refractivity contribution is -0.121. The number of methoxy groups -OCH3 is 1. The molecule has 1 aliphatic heterocycles. The molecule has 0 aliphatic carbocycles. The van der Waals surface area contributed by atoms with Crippen molar-refractivity contribution < 1.29 is 19.1 Å². The van der Waals surface area contributed by atoms with Crippen LogP contribution in [0.15, 0.2) is 54.6 Å². The van der Waals surface area contributed by atoms with Crippen molar-refractivity contribution in [1.82, 2.24) is 10.2 Å². The fourth-order valence-electron chi connectivity index (χ4n) is 3.47. The lowest BCUT2D eigenvalue weighted by Crippen LogP contribution is -2.43. The van der Waals surface area contributed by atoms with Gasteiger partial charge in [0.25, 0.3) is 0 Å². The first kappa shape index (κ1) is 21.0. The third-order valence-corrected chi connectivity index (χ3v) is 5.15. The molecule has 0 bridgehead atoms. The lowest BCUT2D eigenvalue weighted by Gasteiger charge is -2.35. The first-order chi connectivity index (χ1) is 14.2. The second-order valence-corrected chi connectivity index (χ2v) is 7.03. The summed E-state index contributed by atoms with van der Waals surface area (Å²) in [6, 6.07) is 17.1. The van der Waals surface area contributed by atoms with E-state index in [-0.39, 0.29) is 30.6 Å². The number of ketones is 1. The van der Waals surface area contributed by atoms with Gasteiger partial charge in [-0.3, -0.25) is 14.5 Å². The molecule has 1 aliphatic rings. The number of amides is 1. The predicted molar refractivity (Wildman–Crippen MR) is 111 cm³/mol. The van der Waals surface area contributed by atoms with E-state index in [4.69, 9.17) is 9.47 Å². The summed E-state index contributed by atoms with van der Waals surface area (Å²) in [4.78, 5) is 26.9. The summed E-state index contributed by atoms with van der Waals surface area (Å²) in [5.41, 5.74) is 1.76. The van der Waals surface area contributed by atoms with E-state index in [0.717, 1.165) is 24.4 Å². The van der Waals surface area contributed by atoms with Crippen LogP contribution in [0.5, 0.6) is 5.75 Å². The molecule has 6 heteroatoms. The predicted octanol–water partition coefficient (Wildman–Crippen LogP) is 2.85. The number of carbonyl (C=O) groups is 2. The number of Topliss-reactive ketones (excluding diaryl/α,β-unsaturated/α-hetero) is 1. The molecule has 1 amide bonds. The second-order valence-electron chi connectivity index (χ2n) is 7.03. The summed E-state index contributed by atoms with van der Waals surface area (Å²) < 4.78 is 10.7. The van der Waals surface area contributed by atoms with E-state index in [9.17, 15) is 9.59 Å². The first-order valence-corrected chi connectivity index (χ1v) is 9.98. The zero-order chi connectivity index (χ0) is 20.5. The topological polar surface area (TPSA) is 67.9 Å². The van der Waals surface area contributed by atoms with Crippen molar-refractivity contribution in [1.29, 1.82) is 0 Å². The monoisotopic (exact) mass is 396 g/mol. The molecule has 6 nitrogen and oxygen atoms in total. The Balaban J connectivity index is 1.57. The molecule has 1 unspecified atom stereocenters. The van der Waals surface area contributed by atoms with E-state index in [0.29, 0.717) is 25.3 Å². The molecule has 154 valence electrons. The molecule has 1 saturated heterocycles. The van der Waals surface area contributed by atoms with Gasteiger partial charge < -0.3 is 14.8 Å². The van der Waals surface area contributed by atoms with Crippen molar-refractivity contribution in [2.24, 2.45) is 0 Å². The van der Waals surface area contributed by atoms with E-state index in [2.05, 4.69) is 10.2 Å². The summed E-state index contributed by atoms with van der Waals surface area (Å²) in [5.74, 6) is 0.680. The van der Waals surface area contributed by atoms with Crippen LogP contribution in [0.25, 0.3) is 0 Å². The van der Waals surface area contributed by atoms with Crippen LogP contribution in [0.4, 0.5) is 0 Å². The van der Waals surface area contributed by atoms with Gasteiger partial charge in [-0.1, -0.05) is 42.5 Å². The quantitative estimate of drug-likeness (QED) is 0.660. The van der Waals surface area contributed by atoms with Crippen LogP contribution in [0.3, 0.4) is 0 Å². The van der Waals surface area contributed by atoms with Gasteiger partial charge in [-0.2, -0.15) is 0 Å². The van der Waals surface area contributed by atoms with Crippen molar-refractivity contribution >= 4 is 11.7 Å². The maximum Gasteiger partial charge on any atom is 0.220 e. The number of carbonyl (C=O) groups excluding carboxylic acids is 2. The third kappa shape index (κ3) is 6.14. The molecule has 3 rings (SSSR count). The van der Waals surface area contributed by atoms with Crippen LogP contribution >= 0.6 is 0 Å². The smallest absolute Gasteiger partial charge is 0.220 e. The number of rotatable bonds is 9. The van der Waals surface area contributed by atoms with Gasteiger partial charge in [0.1, 0.15) is 5.75 Å². The molecule has 2 aromatic rings. The number of morpholine rings is 1. The average Bonchev–Trinajstić information content (AvgIpc) is 2.79. The minimum atomic E-state index is -0.110. The van der Waals surface area contributed by atoms with Gasteiger partial charge in [-0.15, -0.1) is 0 Å². The Labute approximate surface area is 171 Å². The zero-order valence-electron chi connectivity index (χ0n) is 16.8. The SMILES string of the molecule is COc1ccc(C(CNC(=O)CCC(=O)c2ccccc2)N2CCOCC2)cc1. The van der Waals surface area contributed by atoms with Crippen molar-refractivity contribution in [2.45, 2.75) is 18.9 Å². The molecule has 1 atom stereocenters. The highest BCUT2D eigenvalue weighted by atomic mass is 16.5. The van der Waals surface area contributed by atoms with Crippen LogP contribution in [0, 0.1) is 0 Å². The minimum Gasteiger partial charge on any atom is -0.497 e.